The van der Waals surface area contributed by atoms with Crippen molar-refractivity contribution in [3.63, 3.8) is 0 Å². The zero-order chi connectivity index (χ0) is 34.1. The van der Waals surface area contributed by atoms with Crippen molar-refractivity contribution in [3.8, 4) is 5.75 Å². The van der Waals surface area contributed by atoms with E-state index < -0.39 is 60.7 Å². The minimum Gasteiger partial charge on any atom is -0.483 e. The summed E-state index contributed by atoms with van der Waals surface area (Å²) in [5, 5.41) is 14.9. The Kier molecular flexibility index (Phi) is 11.9. The largest absolute Gasteiger partial charge is 0.483 e. The molecule has 2 aromatic rings. The first-order valence-corrected chi connectivity index (χ1v) is 15.6. The number of benzene rings is 1. The van der Waals surface area contributed by atoms with Gasteiger partial charge in [0.2, 0.25) is 11.8 Å². The van der Waals surface area contributed by atoms with Crippen LogP contribution < -0.4 is 15.4 Å². The average Bonchev–Trinajstić information content (AvgIpc) is 3.55. The number of hydrogen-bond donors (Lipinski definition) is 3. The molecule has 0 bridgehead atoms. The number of likely N-dealkylation sites (N-methyl/N-ethyl adjacent to an activating group) is 1. The minimum absolute atomic E-state index is 0.0463. The van der Waals surface area contributed by atoms with Crippen LogP contribution in [0.5, 0.6) is 5.75 Å². The summed E-state index contributed by atoms with van der Waals surface area (Å²) in [6.45, 7) is 4.70. The quantitative estimate of drug-likeness (QED) is 0.299. The van der Waals surface area contributed by atoms with E-state index >= 15 is 0 Å². The third kappa shape index (κ3) is 8.83. The lowest BCUT2D eigenvalue weighted by Gasteiger charge is -2.35. The lowest BCUT2D eigenvalue weighted by molar-refractivity contribution is -0.139. The molecule has 254 valence electrons. The highest BCUT2D eigenvalue weighted by Crippen LogP contribution is 2.27. The first-order valence-electron chi connectivity index (χ1n) is 15.6. The predicted molar refractivity (Wildman–Crippen MR) is 164 cm³/mol. The molecule has 2 atom stereocenters. The molecule has 16 heteroatoms. The van der Waals surface area contributed by atoms with Crippen LogP contribution in [0.1, 0.15) is 50.0 Å². The van der Waals surface area contributed by atoms with Crippen LogP contribution in [0.3, 0.4) is 0 Å². The molecule has 3 heterocycles. The molecule has 47 heavy (non-hydrogen) atoms. The first-order chi connectivity index (χ1) is 22.5. The van der Waals surface area contributed by atoms with Gasteiger partial charge in [0.1, 0.15) is 29.3 Å². The van der Waals surface area contributed by atoms with Gasteiger partial charge in [0.15, 0.2) is 6.61 Å². The Morgan fingerprint density at radius 3 is 2.45 bits per heavy atom. The Morgan fingerprint density at radius 1 is 1.04 bits per heavy atom. The van der Waals surface area contributed by atoms with Crippen molar-refractivity contribution in [2.45, 2.75) is 51.6 Å². The monoisotopic (exact) mass is 658 g/mol. The van der Waals surface area contributed by atoms with E-state index in [1.165, 1.54) is 32.9 Å². The summed E-state index contributed by atoms with van der Waals surface area (Å²) in [4.78, 5) is 84.4. The molecule has 3 N–H and O–H groups in total. The molecule has 2 aliphatic heterocycles. The number of likely N-dealkylation sites (tertiary alicyclic amines) is 1. The molecule has 0 unspecified atom stereocenters. The van der Waals surface area contributed by atoms with Crippen LogP contribution in [0.25, 0.3) is 10.9 Å². The molecule has 1 aromatic heterocycles. The van der Waals surface area contributed by atoms with E-state index in [1.807, 2.05) is 0 Å². The molecular weight excluding hydrogens is 619 g/mol. The van der Waals surface area contributed by atoms with E-state index in [1.54, 1.807) is 13.8 Å². The van der Waals surface area contributed by atoms with Gasteiger partial charge in [-0.25, -0.2) is 14.2 Å². The Hall–Kier alpha value is -5.02. The molecule has 2 aliphatic rings. The summed E-state index contributed by atoms with van der Waals surface area (Å²) < 4.78 is 25.0. The molecular formula is C31H39FN6O9. The van der Waals surface area contributed by atoms with Gasteiger partial charge in [0.05, 0.1) is 12.1 Å². The van der Waals surface area contributed by atoms with Crippen molar-refractivity contribution in [1.82, 2.24) is 30.3 Å². The number of aliphatic carboxylic acids is 1. The fraction of sp³-hybridized carbons (Fsp3) is 0.516. The number of nitrogens with zero attached hydrogens (tertiary/aromatic N) is 4. The standard InChI is InChI=1S/C31H39FN6O9/c1-3-33-29(43)24-6-5-11-38(24)26(39)18-47-25-17-23(34-22-16-19(32)7-8-20(22)25)28(42)35-21(9-10-27(40)41)30(44)36-12-14-37(15-13-36)31(45)46-4-2/h7-8,16-17,21,24H,3-6,9-15,18H2,1-2H3,(H,33,43)(H,35,42)(H,40,41)/t21-,24-/m0/s1. The average molecular weight is 659 g/mol. The first kappa shape index (κ1) is 34.8. The number of amides is 5. The van der Waals surface area contributed by atoms with Gasteiger partial charge in [-0.05, 0) is 45.2 Å². The molecule has 2 saturated heterocycles. The number of rotatable bonds is 12. The zero-order valence-corrected chi connectivity index (χ0v) is 26.3. The second kappa shape index (κ2) is 16.0. The number of carbonyl (C=O) groups excluding carboxylic acids is 5. The Labute approximate surface area is 270 Å². The van der Waals surface area contributed by atoms with Crippen LogP contribution in [0.2, 0.25) is 0 Å². The molecule has 0 radical (unpaired) electrons. The molecule has 0 spiro atoms. The lowest BCUT2D eigenvalue weighted by Crippen LogP contribution is -2.56. The highest BCUT2D eigenvalue weighted by molar-refractivity contribution is 5.99. The van der Waals surface area contributed by atoms with E-state index in [4.69, 9.17) is 9.47 Å². The topological polar surface area (TPSA) is 188 Å². The SMILES string of the molecule is CCNC(=O)[C@@H]1CCCN1C(=O)COc1cc(C(=O)N[C@@H](CCC(=O)O)C(=O)N2CCN(C(=O)OCC)CC2)nc2cc(F)ccc12. The zero-order valence-electron chi connectivity index (χ0n) is 26.3. The summed E-state index contributed by atoms with van der Waals surface area (Å²) in [5.41, 5.74) is -0.211. The van der Waals surface area contributed by atoms with Gasteiger partial charge in [0.25, 0.3) is 11.8 Å². The molecule has 2 fully saturated rings. The van der Waals surface area contributed by atoms with Crippen molar-refractivity contribution in [1.29, 1.82) is 0 Å². The number of halogens is 1. The van der Waals surface area contributed by atoms with Gasteiger partial charge in [-0.2, -0.15) is 0 Å². The number of carbonyl (C=O) groups is 6. The predicted octanol–water partition coefficient (Wildman–Crippen LogP) is 1.14. The number of nitrogens with one attached hydrogen (secondary N) is 2. The molecule has 4 rings (SSSR count). The van der Waals surface area contributed by atoms with Crippen molar-refractivity contribution in [3.05, 3.63) is 35.8 Å². The van der Waals surface area contributed by atoms with Crippen molar-refractivity contribution >= 4 is 46.6 Å². The maximum atomic E-state index is 14.2. The third-order valence-corrected chi connectivity index (χ3v) is 7.91. The molecule has 0 saturated carbocycles. The summed E-state index contributed by atoms with van der Waals surface area (Å²) in [6, 6.07) is 3.04. The second-order valence-corrected chi connectivity index (χ2v) is 11.1. The van der Waals surface area contributed by atoms with Gasteiger partial charge in [-0.15, -0.1) is 0 Å². The van der Waals surface area contributed by atoms with Gasteiger partial charge < -0.3 is 39.9 Å². The van der Waals surface area contributed by atoms with Crippen LogP contribution >= 0.6 is 0 Å². The van der Waals surface area contributed by atoms with E-state index in [-0.39, 0.29) is 62.1 Å². The van der Waals surface area contributed by atoms with Crippen LogP contribution in [-0.2, 0) is 23.9 Å². The molecule has 15 nitrogen and oxygen atoms in total. The number of hydrogen-bond acceptors (Lipinski definition) is 9. The number of aromatic nitrogens is 1. The number of carboxylic acids is 1. The molecule has 1 aromatic carbocycles. The minimum atomic E-state index is -1.25. The number of ether oxygens (including phenoxy) is 2. The smallest absolute Gasteiger partial charge is 0.409 e. The fourth-order valence-electron chi connectivity index (χ4n) is 5.56. The maximum absolute atomic E-state index is 14.2. The second-order valence-electron chi connectivity index (χ2n) is 11.1. The van der Waals surface area contributed by atoms with Crippen molar-refractivity contribution in [2.24, 2.45) is 0 Å². The van der Waals surface area contributed by atoms with E-state index in [0.29, 0.717) is 31.3 Å². The van der Waals surface area contributed by atoms with Gasteiger partial charge in [-0.3, -0.25) is 24.0 Å². The summed E-state index contributed by atoms with van der Waals surface area (Å²) in [5.74, 6) is -3.85. The number of piperazine rings is 1. The number of carboxylic acid groups (broad SMARTS) is 1. The Morgan fingerprint density at radius 2 is 1.77 bits per heavy atom. The van der Waals surface area contributed by atoms with E-state index in [0.717, 1.165) is 6.07 Å². The summed E-state index contributed by atoms with van der Waals surface area (Å²) >= 11 is 0. The van der Waals surface area contributed by atoms with Crippen LogP contribution in [0.4, 0.5) is 9.18 Å². The maximum Gasteiger partial charge on any atom is 0.409 e. The molecule has 5 amide bonds. The number of fused-ring (bicyclic) bond motifs is 1. The van der Waals surface area contributed by atoms with Crippen molar-refractivity contribution in [2.75, 3.05) is 52.5 Å². The number of pyridine rings is 1. The third-order valence-electron chi connectivity index (χ3n) is 7.91. The molecule has 0 aliphatic carbocycles. The van der Waals surface area contributed by atoms with Crippen LogP contribution in [0, 0.1) is 5.82 Å². The summed E-state index contributed by atoms with van der Waals surface area (Å²) in [7, 11) is 0. The van der Waals surface area contributed by atoms with Gasteiger partial charge >= 0.3 is 12.1 Å². The highest BCUT2D eigenvalue weighted by Gasteiger charge is 2.34. The van der Waals surface area contributed by atoms with Gasteiger partial charge in [0, 0.05) is 63.2 Å². The Balaban J connectivity index is 1.51. The highest BCUT2D eigenvalue weighted by atomic mass is 19.1. The van der Waals surface area contributed by atoms with Crippen LogP contribution in [-0.4, -0.2) is 125 Å². The van der Waals surface area contributed by atoms with Crippen molar-refractivity contribution < 1.29 is 47.7 Å². The van der Waals surface area contributed by atoms with Crippen LogP contribution in [0.15, 0.2) is 24.3 Å². The van der Waals surface area contributed by atoms with Gasteiger partial charge in [-0.1, -0.05) is 0 Å². The Bertz CT molecular complexity index is 1510. The fourth-order valence-corrected chi connectivity index (χ4v) is 5.56. The van der Waals surface area contributed by atoms with E-state index in [9.17, 15) is 38.3 Å². The van der Waals surface area contributed by atoms with E-state index in [2.05, 4.69) is 15.6 Å². The lowest BCUT2D eigenvalue weighted by atomic mass is 10.1. The summed E-state index contributed by atoms with van der Waals surface area (Å²) in [6.07, 6.45) is 0.0253. The normalized spacial score (nSPS) is 16.8.